The Morgan fingerprint density at radius 1 is 1.27 bits per heavy atom. The lowest BCUT2D eigenvalue weighted by molar-refractivity contribution is -0.126. The summed E-state index contributed by atoms with van der Waals surface area (Å²) in [6.45, 7) is 0.753. The van der Waals surface area contributed by atoms with Gasteiger partial charge in [-0.1, -0.05) is 24.3 Å². The Kier molecular flexibility index (Phi) is 4.44. The number of hydrogen-bond acceptors (Lipinski definition) is 3. The van der Waals surface area contributed by atoms with Crippen molar-refractivity contribution >= 4 is 23.0 Å². The zero-order valence-corrected chi connectivity index (χ0v) is 14.7. The number of benzene rings is 2. The van der Waals surface area contributed by atoms with Crippen LogP contribution in [0.1, 0.15) is 30.3 Å². The zero-order valence-electron chi connectivity index (χ0n) is 14.7. The average molecular weight is 347 g/mol. The number of ether oxygens (including phenoxy) is 1. The van der Waals surface area contributed by atoms with Gasteiger partial charge in [-0.05, 0) is 48.7 Å². The lowest BCUT2D eigenvalue weighted by atomic mass is 10.2. The molecule has 1 aromatic heterocycles. The summed E-state index contributed by atoms with van der Waals surface area (Å²) in [7, 11) is 1.64. The van der Waals surface area contributed by atoms with E-state index in [0.29, 0.717) is 0 Å². The van der Waals surface area contributed by atoms with E-state index in [1.165, 1.54) is 0 Å². The van der Waals surface area contributed by atoms with Gasteiger partial charge >= 0.3 is 0 Å². The number of carbonyl (C=O) groups is 1. The number of rotatable bonds is 4. The van der Waals surface area contributed by atoms with Gasteiger partial charge in [0.05, 0.1) is 24.2 Å². The number of aromatic amines is 1. The number of fused-ring (bicyclic) bond motifs is 1. The summed E-state index contributed by atoms with van der Waals surface area (Å²) < 4.78 is 5.22. The molecule has 3 aromatic rings. The second-order valence-corrected chi connectivity index (χ2v) is 6.44. The summed E-state index contributed by atoms with van der Waals surface area (Å²) in [6, 6.07) is 15.6. The van der Waals surface area contributed by atoms with Gasteiger partial charge in [0.25, 0.3) is 0 Å². The molecule has 1 fully saturated rings. The molecule has 5 nitrogen and oxygen atoms in total. The van der Waals surface area contributed by atoms with Crippen LogP contribution in [0, 0.1) is 0 Å². The molecule has 1 unspecified atom stereocenters. The molecule has 0 aliphatic carbocycles. The minimum Gasteiger partial charge on any atom is -0.497 e. The van der Waals surface area contributed by atoms with Crippen molar-refractivity contribution in [2.75, 3.05) is 13.7 Å². The van der Waals surface area contributed by atoms with Crippen LogP contribution in [0.3, 0.4) is 0 Å². The van der Waals surface area contributed by atoms with Crippen molar-refractivity contribution in [3.8, 4) is 5.75 Å². The summed E-state index contributed by atoms with van der Waals surface area (Å²) in [4.78, 5) is 22.7. The third kappa shape index (κ3) is 3.20. The van der Waals surface area contributed by atoms with E-state index in [2.05, 4.69) is 9.97 Å². The minimum atomic E-state index is 0.00450. The topological polar surface area (TPSA) is 58.2 Å². The van der Waals surface area contributed by atoms with Crippen LogP contribution in [0.5, 0.6) is 5.75 Å². The number of hydrogen-bond donors (Lipinski definition) is 1. The van der Waals surface area contributed by atoms with Crippen molar-refractivity contribution in [3.63, 3.8) is 0 Å². The number of amides is 1. The molecule has 1 atom stereocenters. The predicted molar refractivity (Wildman–Crippen MR) is 102 cm³/mol. The molecule has 5 heteroatoms. The number of nitrogens with zero attached hydrogens (tertiary/aromatic N) is 2. The van der Waals surface area contributed by atoms with E-state index in [9.17, 15) is 4.79 Å². The van der Waals surface area contributed by atoms with Crippen LogP contribution in [0.15, 0.2) is 54.6 Å². The van der Waals surface area contributed by atoms with Crippen molar-refractivity contribution in [1.29, 1.82) is 0 Å². The number of methoxy groups -OCH3 is 1. The van der Waals surface area contributed by atoms with Gasteiger partial charge in [0.1, 0.15) is 11.6 Å². The highest BCUT2D eigenvalue weighted by atomic mass is 16.5. The summed E-state index contributed by atoms with van der Waals surface area (Å²) >= 11 is 0. The second kappa shape index (κ2) is 7.04. The van der Waals surface area contributed by atoms with Gasteiger partial charge in [-0.25, -0.2) is 4.98 Å². The molecule has 1 saturated heterocycles. The highest BCUT2D eigenvalue weighted by Gasteiger charge is 2.30. The highest BCUT2D eigenvalue weighted by molar-refractivity contribution is 5.92. The predicted octanol–water partition coefficient (Wildman–Crippen LogP) is 3.95. The summed E-state index contributed by atoms with van der Waals surface area (Å²) in [5, 5.41) is 0. The maximum atomic E-state index is 12.7. The third-order valence-corrected chi connectivity index (χ3v) is 4.77. The molecule has 132 valence electrons. The highest BCUT2D eigenvalue weighted by Crippen LogP contribution is 2.31. The van der Waals surface area contributed by atoms with Gasteiger partial charge in [0.2, 0.25) is 5.91 Å². The van der Waals surface area contributed by atoms with Crippen LogP contribution in [-0.4, -0.2) is 34.4 Å². The number of nitrogens with one attached hydrogen (secondary N) is 1. The van der Waals surface area contributed by atoms with Crippen LogP contribution in [-0.2, 0) is 4.79 Å². The Morgan fingerprint density at radius 3 is 3.00 bits per heavy atom. The van der Waals surface area contributed by atoms with E-state index in [0.717, 1.165) is 47.6 Å². The number of para-hydroxylation sites is 2. The van der Waals surface area contributed by atoms with Crippen molar-refractivity contribution in [3.05, 3.63) is 66.0 Å². The van der Waals surface area contributed by atoms with Gasteiger partial charge < -0.3 is 14.6 Å². The van der Waals surface area contributed by atoms with Crippen LogP contribution in [0.2, 0.25) is 0 Å². The van der Waals surface area contributed by atoms with E-state index in [-0.39, 0.29) is 11.9 Å². The number of aromatic nitrogens is 2. The molecule has 0 radical (unpaired) electrons. The van der Waals surface area contributed by atoms with E-state index in [1.807, 2.05) is 59.5 Å². The normalized spacial score (nSPS) is 17.3. The van der Waals surface area contributed by atoms with Gasteiger partial charge in [0, 0.05) is 12.6 Å². The van der Waals surface area contributed by atoms with Crippen molar-refractivity contribution in [2.24, 2.45) is 0 Å². The van der Waals surface area contributed by atoms with E-state index < -0.39 is 0 Å². The van der Waals surface area contributed by atoms with Crippen LogP contribution in [0.4, 0.5) is 0 Å². The van der Waals surface area contributed by atoms with E-state index in [1.54, 1.807) is 13.2 Å². The Balaban J connectivity index is 1.53. The van der Waals surface area contributed by atoms with Crippen molar-refractivity contribution < 1.29 is 9.53 Å². The SMILES string of the molecule is COc1cccc(C=CC(=O)N2CCCC2c2nc3ccccc3[nH]2)c1. The van der Waals surface area contributed by atoms with Gasteiger partial charge in [-0.3, -0.25) is 4.79 Å². The molecule has 1 aliphatic rings. The molecule has 0 bridgehead atoms. The lowest BCUT2D eigenvalue weighted by Gasteiger charge is -2.21. The fourth-order valence-electron chi connectivity index (χ4n) is 3.45. The number of likely N-dealkylation sites (tertiary alicyclic amines) is 1. The van der Waals surface area contributed by atoms with Gasteiger partial charge in [0.15, 0.2) is 0 Å². The molecular weight excluding hydrogens is 326 g/mol. The molecular formula is C21H21N3O2. The molecule has 1 aliphatic heterocycles. The number of H-pyrrole nitrogens is 1. The second-order valence-electron chi connectivity index (χ2n) is 6.44. The fourth-order valence-corrected chi connectivity index (χ4v) is 3.45. The van der Waals surface area contributed by atoms with Crippen molar-refractivity contribution in [1.82, 2.24) is 14.9 Å². The molecule has 0 saturated carbocycles. The smallest absolute Gasteiger partial charge is 0.247 e. The maximum absolute atomic E-state index is 12.7. The Labute approximate surface area is 152 Å². The quantitative estimate of drug-likeness (QED) is 0.727. The summed E-state index contributed by atoms with van der Waals surface area (Å²) in [6.07, 6.45) is 5.38. The molecule has 4 rings (SSSR count). The molecule has 26 heavy (non-hydrogen) atoms. The summed E-state index contributed by atoms with van der Waals surface area (Å²) in [5.74, 6) is 1.66. The molecule has 2 heterocycles. The minimum absolute atomic E-state index is 0.00450. The number of imidazole rings is 1. The number of carbonyl (C=O) groups excluding carboxylic acids is 1. The average Bonchev–Trinajstić information content (AvgIpc) is 3.32. The first kappa shape index (κ1) is 16.4. The van der Waals surface area contributed by atoms with Crippen LogP contribution >= 0.6 is 0 Å². The van der Waals surface area contributed by atoms with Crippen LogP contribution in [0.25, 0.3) is 17.1 Å². The standard InChI is InChI=1S/C21H21N3O2/c1-26-16-7-4-6-15(14-16)11-12-20(25)24-13-5-10-19(24)21-22-17-8-2-3-9-18(17)23-21/h2-4,6-9,11-12,14,19H,5,10,13H2,1H3,(H,22,23). The van der Waals surface area contributed by atoms with Gasteiger partial charge in [-0.2, -0.15) is 0 Å². The van der Waals surface area contributed by atoms with E-state index in [4.69, 9.17) is 4.74 Å². The fraction of sp³-hybridized carbons (Fsp3) is 0.238. The largest absolute Gasteiger partial charge is 0.497 e. The van der Waals surface area contributed by atoms with E-state index >= 15 is 0 Å². The first-order chi connectivity index (χ1) is 12.7. The molecule has 1 amide bonds. The third-order valence-electron chi connectivity index (χ3n) is 4.77. The monoisotopic (exact) mass is 347 g/mol. The Morgan fingerprint density at radius 2 is 2.15 bits per heavy atom. The van der Waals surface area contributed by atoms with Crippen molar-refractivity contribution in [2.45, 2.75) is 18.9 Å². The Hall–Kier alpha value is -3.08. The molecule has 1 N–H and O–H groups in total. The first-order valence-electron chi connectivity index (χ1n) is 8.82. The summed E-state index contributed by atoms with van der Waals surface area (Å²) in [5.41, 5.74) is 2.89. The Bertz CT molecular complexity index is 928. The van der Waals surface area contributed by atoms with Crippen LogP contribution < -0.4 is 4.74 Å². The molecule has 2 aromatic carbocycles. The zero-order chi connectivity index (χ0) is 17.9. The maximum Gasteiger partial charge on any atom is 0.247 e. The van der Waals surface area contributed by atoms with Gasteiger partial charge in [-0.15, -0.1) is 0 Å². The molecule has 0 spiro atoms. The lowest BCUT2D eigenvalue weighted by Crippen LogP contribution is -2.29. The first-order valence-corrected chi connectivity index (χ1v) is 8.82.